The molecule has 0 aliphatic heterocycles. The molecule has 0 radical (unpaired) electrons. The molecule has 0 atom stereocenters. The van der Waals surface area contributed by atoms with E-state index >= 15 is 0 Å². The molecule has 1 rings (SSSR count). The Kier molecular flexibility index (Phi) is 5.27. The van der Waals surface area contributed by atoms with E-state index in [1.807, 2.05) is 0 Å². The van der Waals surface area contributed by atoms with Crippen LogP contribution in [-0.4, -0.2) is 28.1 Å². The molecule has 1 aromatic heterocycles. The van der Waals surface area contributed by atoms with Crippen molar-refractivity contribution >= 4 is 11.9 Å². The number of rotatable bonds is 6. The minimum Gasteiger partial charge on any atom is -0.462 e. The molecule has 0 aliphatic rings. The van der Waals surface area contributed by atoms with Crippen LogP contribution in [0.3, 0.4) is 0 Å². The van der Waals surface area contributed by atoms with Gasteiger partial charge in [-0.15, -0.1) is 0 Å². The van der Waals surface area contributed by atoms with Crippen molar-refractivity contribution in [1.82, 2.24) is 9.97 Å². The van der Waals surface area contributed by atoms with Crippen LogP contribution in [0, 0.1) is 6.92 Å². The molecule has 1 heterocycles. The summed E-state index contributed by atoms with van der Waals surface area (Å²) in [5.74, 6) is 0.178. The first-order valence-corrected chi connectivity index (χ1v) is 6.74. The summed E-state index contributed by atoms with van der Waals surface area (Å²) < 4.78 is 4.95. The Labute approximate surface area is 114 Å². The SMILES string of the molecule is CCOC(=O)c1cnc(NC(C)(CC)CC)nc1C. The molecule has 106 valence electrons. The first-order chi connectivity index (χ1) is 8.95. The fourth-order valence-electron chi connectivity index (χ4n) is 1.63. The molecular weight excluding hydrogens is 242 g/mol. The largest absolute Gasteiger partial charge is 0.462 e. The van der Waals surface area contributed by atoms with E-state index < -0.39 is 0 Å². The van der Waals surface area contributed by atoms with Crippen LogP contribution in [0.1, 0.15) is 56.6 Å². The summed E-state index contributed by atoms with van der Waals surface area (Å²) in [6.07, 6.45) is 3.48. The maximum atomic E-state index is 11.7. The van der Waals surface area contributed by atoms with Crippen LogP contribution in [-0.2, 0) is 4.74 Å². The average molecular weight is 265 g/mol. The molecule has 0 saturated heterocycles. The van der Waals surface area contributed by atoms with Crippen LogP contribution in [0.15, 0.2) is 6.20 Å². The zero-order valence-electron chi connectivity index (χ0n) is 12.4. The van der Waals surface area contributed by atoms with Gasteiger partial charge in [0.15, 0.2) is 0 Å². The van der Waals surface area contributed by atoms with E-state index in [0.717, 1.165) is 12.8 Å². The number of nitrogens with zero attached hydrogens (tertiary/aromatic N) is 2. The summed E-state index contributed by atoms with van der Waals surface area (Å²) >= 11 is 0. The van der Waals surface area contributed by atoms with Crippen LogP contribution in [0.4, 0.5) is 5.95 Å². The monoisotopic (exact) mass is 265 g/mol. The number of aromatic nitrogens is 2. The van der Waals surface area contributed by atoms with Gasteiger partial charge in [-0.1, -0.05) is 13.8 Å². The number of hydrogen-bond acceptors (Lipinski definition) is 5. The molecular formula is C14H23N3O2. The minimum atomic E-state index is -0.375. The van der Waals surface area contributed by atoms with Crippen molar-refractivity contribution in [2.75, 3.05) is 11.9 Å². The fourth-order valence-corrected chi connectivity index (χ4v) is 1.63. The van der Waals surface area contributed by atoms with Gasteiger partial charge in [-0.05, 0) is 33.6 Å². The molecule has 0 saturated carbocycles. The number of nitrogens with one attached hydrogen (secondary N) is 1. The maximum absolute atomic E-state index is 11.7. The van der Waals surface area contributed by atoms with Crippen molar-refractivity contribution in [3.8, 4) is 0 Å². The van der Waals surface area contributed by atoms with Gasteiger partial charge in [-0.3, -0.25) is 0 Å². The van der Waals surface area contributed by atoms with Crippen molar-refractivity contribution in [2.45, 2.75) is 53.0 Å². The van der Waals surface area contributed by atoms with Crippen LogP contribution >= 0.6 is 0 Å². The molecule has 0 aromatic carbocycles. The highest BCUT2D eigenvalue weighted by atomic mass is 16.5. The summed E-state index contributed by atoms with van der Waals surface area (Å²) in [7, 11) is 0. The first kappa shape index (κ1) is 15.4. The third kappa shape index (κ3) is 3.91. The molecule has 1 aromatic rings. The summed E-state index contributed by atoms with van der Waals surface area (Å²) in [4.78, 5) is 20.2. The molecule has 0 fully saturated rings. The van der Waals surface area contributed by atoms with Crippen molar-refractivity contribution < 1.29 is 9.53 Å². The summed E-state index contributed by atoms with van der Waals surface area (Å²) in [6.45, 7) is 10.3. The number of anilines is 1. The van der Waals surface area contributed by atoms with Gasteiger partial charge in [-0.2, -0.15) is 0 Å². The van der Waals surface area contributed by atoms with E-state index in [1.165, 1.54) is 6.20 Å². The normalized spacial score (nSPS) is 11.2. The van der Waals surface area contributed by atoms with Gasteiger partial charge in [0, 0.05) is 11.7 Å². The van der Waals surface area contributed by atoms with Crippen LogP contribution < -0.4 is 5.32 Å². The van der Waals surface area contributed by atoms with Crippen LogP contribution in [0.5, 0.6) is 0 Å². The molecule has 0 unspecified atom stereocenters. The van der Waals surface area contributed by atoms with Gasteiger partial charge in [0.25, 0.3) is 0 Å². The van der Waals surface area contributed by atoms with Gasteiger partial charge in [0.05, 0.1) is 17.9 Å². The predicted molar refractivity (Wildman–Crippen MR) is 75.3 cm³/mol. The fraction of sp³-hybridized carbons (Fsp3) is 0.643. The van der Waals surface area contributed by atoms with Crippen LogP contribution in [0.2, 0.25) is 0 Å². The lowest BCUT2D eigenvalue weighted by Crippen LogP contribution is -2.34. The lowest BCUT2D eigenvalue weighted by Gasteiger charge is -2.28. The highest BCUT2D eigenvalue weighted by Gasteiger charge is 2.21. The standard InChI is InChI=1S/C14H23N3O2/c1-6-14(5,7-2)17-13-15-9-11(10(4)16-13)12(18)19-8-3/h9H,6-8H2,1-5H3,(H,15,16,17). The second-order valence-electron chi connectivity index (χ2n) is 4.81. The minimum absolute atomic E-state index is 0.0299. The Morgan fingerprint density at radius 3 is 2.47 bits per heavy atom. The Morgan fingerprint density at radius 2 is 2.00 bits per heavy atom. The second-order valence-corrected chi connectivity index (χ2v) is 4.81. The van der Waals surface area contributed by atoms with Crippen LogP contribution in [0.25, 0.3) is 0 Å². The number of esters is 1. The predicted octanol–water partition coefficient (Wildman–Crippen LogP) is 2.95. The Balaban J connectivity index is 2.91. The third-order valence-electron chi connectivity index (χ3n) is 3.45. The second kappa shape index (κ2) is 6.50. The zero-order valence-corrected chi connectivity index (χ0v) is 12.4. The van der Waals surface area contributed by atoms with E-state index in [4.69, 9.17) is 4.74 Å². The Bertz CT molecular complexity index is 442. The van der Waals surface area contributed by atoms with Gasteiger partial charge in [0.1, 0.15) is 0 Å². The quantitative estimate of drug-likeness (QED) is 0.801. The molecule has 1 N–H and O–H groups in total. The van der Waals surface area contributed by atoms with E-state index in [2.05, 4.69) is 36.1 Å². The summed E-state index contributed by atoms with van der Waals surface area (Å²) in [5, 5.41) is 3.32. The van der Waals surface area contributed by atoms with E-state index in [0.29, 0.717) is 23.8 Å². The molecule has 19 heavy (non-hydrogen) atoms. The van der Waals surface area contributed by atoms with Gasteiger partial charge in [0.2, 0.25) is 5.95 Å². The third-order valence-corrected chi connectivity index (χ3v) is 3.45. The lowest BCUT2D eigenvalue weighted by atomic mass is 9.96. The van der Waals surface area contributed by atoms with Crippen molar-refractivity contribution in [3.63, 3.8) is 0 Å². The number of hydrogen-bond donors (Lipinski definition) is 1. The Hall–Kier alpha value is -1.65. The smallest absolute Gasteiger partial charge is 0.341 e. The number of aryl methyl sites for hydroxylation is 1. The van der Waals surface area contributed by atoms with E-state index in [-0.39, 0.29) is 11.5 Å². The van der Waals surface area contributed by atoms with Gasteiger partial charge in [-0.25, -0.2) is 14.8 Å². The maximum Gasteiger partial charge on any atom is 0.341 e. The van der Waals surface area contributed by atoms with Crippen molar-refractivity contribution in [1.29, 1.82) is 0 Å². The summed E-state index contributed by atoms with van der Waals surface area (Å²) in [5.41, 5.74) is 1.02. The van der Waals surface area contributed by atoms with Gasteiger partial charge >= 0.3 is 5.97 Å². The Morgan fingerprint density at radius 1 is 1.37 bits per heavy atom. The number of carbonyl (C=O) groups excluding carboxylic acids is 1. The van der Waals surface area contributed by atoms with Crippen molar-refractivity contribution in [3.05, 3.63) is 17.5 Å². The number of carbonyl (C=O) groups is 1. The first-order valence-electron chi connectivity index (χ1n) is 6.74. The zero-order chi connectivity index (χ0) is 14.5. The molecule has 5 heteroatoms. The lowest BCUT2D eigenvalue weighted by molar-refractivity contribution is 0.0524. The molecule has 0 spiro atoms. The highest BCUT2D eigenvalue weighted by Crippen LogP contribution is 2.19. The molecule has 0 amide bonds. The highest BCUT2D eigenvalue weighted by molar-refractivity contribution is 5.90. The van der Waals surface area contributed by atoms with Crippen molar-refractivity contribution in [2.24, 2.45) is 0 Å². The summed E-state index contributed by atoms with van der Waals surface area (Å²) in [6, 6.07) is 0. The molecule has 0 aliphatic carbocycles. The van der Waals surface area contributed by atoms with E-state index in [9.17, 15) is 4.79 Å². The number of ether oxygens (including phenoxy) is 1. The van der Waals surface area contributed by atoms with E-state index in [1.54, 1.807) is 13.8 Å². The molecule has 5 nitrogen and oxygen atoms in total. The van der Waals surface area contributed by atoms with Gasteiger partial charge < -0.3 is 10.1 Å². The topological polar surface area (TPSA) is 64.1 Å². The average Bonchev–Trinajstić information content (AvgIpc) is 2.39. The molecule has 0 bridgehead atoms.